The number of benzene rings is 2. The van der Waals surface area contributed by atoms with E-state index in [-0.39, 0.29) is 16.6 Å². The van der Waals surface area contributed by atoms with E-state index in [9.17, 15) is 9.18 Å². The highest BCUT2D eigenvalue weighted by atomic mass is 35.5. The molecule has 0 aliphatic carbocycles. The van der Waals surface area contributed by atoms with Gasteiger partial charge in [-0.15, -0.1) is 0 Å². The van der Waals surface area contributed by atoms with Crippen LogP contribution in [0.25, 0.3) is 0 Å². The van der Waals surface area contributed by atoms with E-state index in [4.69, 9.17) is 11.6 Å². The first-order valence-corrected chi connectivity index (χ1v) is 8.96. The van der Waals surface area contributed by atoms with E-state index in [1.165, 1.54) is 23.8 Å². The molecule has 0 saturated carbocycles. The van der Waals surface area contributed by atoms with Crippen LogP contribution < -0.4 is 10.2 Å². The molecule has 138 valence electrons. The van der Waals surface area contributed by atoms with Crippen LogP contribution in [0.2, 0.25) is 5.02 Å². The van der Waals surface area contributed by atoms with Crippen LogP contribution in [0.15, 0.2) is 66.9 Å². The van der Waals surface area contributed by atoms with Crippen molar-refractivity contribution in [2.24, 2.45) is 0 Å². The molecule has 1 N–H and O–H groups in total. The van der Waals surface area contributed by atoms with Crippen molar-refractivity contribution >= 4 is 28.9 Å². The molecule has 27 heavy (non-hydrogen) atoms. The number of anilines is 2. The first kappa shape index (κ1) is 18.9. The highest BCUT2D eigenvalue weighted by Gasteiger charge is 2.11. The van der Waals surface area contributed by atoms with Gasteiger partial charge in [-0.25, -0.2) is 9.37 Å². The molecule has 1 amide bonds. The third-order valence-corrected chi connectivity index (χ3v) is 4.41. The van der Waals surface area contributed by atoms with Gasteiger partial charge in [0.15, 0.2) is 0 Å². The normalized spacial score (nSPS) is 10.5. The molecule has 6 heteroatoms. The maximum Gasteiger partial charge on any atom is 0.274 e. The third-order valence-electron chi connectivity index (χ3n) is 4.12. The van der Waals surface area contributed by atoms with E-state index in [1.807, 2.05) is 24.3 Å². The summed E-state index contributed by atoms with van der Waals surface area (Å²) in [7, 11) is 0. The number of carbonyl (C=O) groups excluding carboxylic acids is 1. The van der Waals surface area contributed by atoms with Crippen molar-refractivity contribution in [2.75, 3.05) is 16.8 Å². The summed E-state index contributed by atoms with van der Waals surface area (Å²) in [5.74, 6) is -0.912. The molecule has 0 spiro atoms. The Bertz CT molecular complexity index is 916. The van der Waals surface area contributed by atoms with Crippen LogP contribution >= 0.6 is 11.6 Å². The van der Waals surface area contributed by atoms with Gasteiger partial charge in [0.1, 0.15) is 11.5 Å². The zero-order chi connectivity index (χ0) is 19.2. The molecule has 1 heterocycles. The van der Waals surface area contributed by atoms with Crippen molar-refractivity contribution < 1.29 is 9.18 Å². The smallest absolute Gasteiger partial charge is 0.274 e. The Morgan fingerprint density at radius 3 is 2.56 bits per heavy atom. The number of rotatable bonds is 6. The van der Waals surface area contributed by atoms with Gasteiger partial charge in [-0.3, -0.25) is 4.79 Å². The van der Waals surface area contributed by atoms with Crippen LogP contribution in [-0.4, -0.2) is 17.4 Å². The average Bonchev–Trinajstić information content (AvgIpc) is 2.70. The van der Waals surface area contributed by atoms with Gasteiger partial charge in [-0.2, -0.15) is 0 Å². The fraction of sp³-hybridized carbons (Fsp3) is 0.143. The summed E-state index contributed by atoms with van der Waals surface area (Å²) in [6.07, 6.45) is 1.68. The quantitative estimate of drug-likeness (QED) is 0.640. The number of halogens is 2. The summed E-state index contributed by atoms with van der Waals surface area (Å²) in [6, 6.07) is 17.7. The summed E-state index contributed by atoms with van der Waals surface area (Å²) in [6.45, 7) is 3.65. The van der Waals surface area contributed by atoms with Gasteiger partial charge in [0.25, 0.3) is 5.91 Å². The lowest BCUT2D eigenvalue weighted by Gasteiger charge is -2.23. The predicted octanol–water partition coefficient (Wildman–Crippen LogP) is 5.15. The molecule has 2 aromatic carbocycles. The number of carbonyl (C=O) groups is 1. The Balaban J connectivity index is 1.69. The Labute approximate surface area is 162 Å². The van der Waals surface area contributed by atoms with Crippen molar-refractivity contribution in [3.63, 3.8) is 0 Å². The molecule has 0 unspecified atom stereocenters. The van der Waals surface area contributed by atoms with Crippen LogP contribution in [0.1, 0.15) is 23.0 Å². The molecular formula is C21H19ClFN3O. The standard InChI is InChI=1S/C21H19ClFN3O/c1-2-26(14-15-6-4-3-5-7-15)17-9-11-20(24-13-17)21(27)25-16-8-10-19(23)18(22)12-16/h3-13H,2,14H2,1H3,(H,25,27). The van der Waals surface area contributed by atoms with Gasteiger partial charge in [0, 0.05) is 18.8 Å². The maximum atomic E-state index is 13.2. The summed E-state index contributed by atoms with van der Waals surface area (Å²) in [4.78, 5) is 18.8. The number of nitrogens with zero attached hydrogens (tertiary/aromatic N) is 2. The Morgan fingerprint density at radius 2 is 1.93 bits per heavy atom. The minimum atomic E-state index is -0.532. The molecule has 1 aromatic heterocycles. The Kier molecular flexibility index (Phi) is 6.04. The van der Waals surface area contributed by atoms with E-state index in [1.54, 1.807) is 12.3 Å². The fourth-order valence-corrected chi connectivity index (χ4v) is 2.85. The van der Waals surface area contributed by atoms with Crippen LogP contribution in [0, 0.1) is 5.82 Å². The zero-order valence-electron chi connectivity index (χ0n) is 14.8. The van der Waals surface area contributed by atoms with Gasteiger partial charge >= 0.3 is 0 Å². The minimum absolute atomic E-state index is 0.0457. The molecule has 0 atom stereocenters. The number of hydrogen-bond acceptors (Lipinski definition) is 3. The molecule has 0 aliphatic rings. The van der Waals surface area contributed by atoms with Crippen LogP contribution in [0.4, 0.5) is 15.8 Å². The second kappa shape index (κ2) is 8.64. The SMILES string of the molecule is CCN(Cc1ccccc1)c1ccc(C(=O)Nc2ccc(F)c(Cl)c2)nc1. The monoisotopic (exact) mass is 383 g/mol. The summed E-state index contributed by atoms with van der Waals surface area (Å²) in [5.41, 5.74) is 2.82. The van der Waals surface area contributed by atoms with Crippen molar-refractivity contribution in [3.8, 4) is 0 Å². The maximum absolute atomic E-state index is 13.2. The largest absolute Gasteiger partial charge is 0.366 e. The molecule has 4 nitrogen and oxygen atoms in total. The van der Waals surface area contributed by atoms with Crippen LogP contribution in [0.5, 0.6) is 0 Å². The first-order valence-electron chi connectivity index (χ1n) is 8.58. The lowest BCUT2D eigenvalue weighted by molar-refractivity contribution is 0.102. The molecule has 0 radical (unpaired) electrons. The highest BCUT2D eigenvalue weighted by Crippen LogP contribution is 2.20. The average molecular weight is 384 g/mol. The Morgan fingerprint density at radius 1 is 1.15 bits per heavy atom. The molecule has 0 bridgehead atoms. The van der Waals surface area contributed by atoms with Gasteiger partial charge in [-0.05, 0) is 42.8 Å². The second-order valence-corrected chi connectivity index (χ2v) is 6.39. The van der Waals surface area contributed by atoms with Gasteiger partial charge in [0.05, 0.1) is 16.9 Å². The number of pyridine rings is 1. The third kappa shape index (κ3) is 4.83. The van der Waals surface area contributed by atoms with Crippen molar-refractivity contribution in [1.29, 1.82) is 0 Å². The first-order chi connectivity index (χ1) is 13.1. The number of amides is 1. The number of hydrogen-bond donors (Lipinski definition) is 1. The van der Waals surface area contributed by atoms with E-state index >= 15 is 0 Å². The second-order valence-electron chi connectivity index (χ2n) is 5.98. The molecule has 0 fully saturated rings. The van der Waals surface area contributed by atoms with E-state index < -0.39 is 5.82 Å². The van der Waals surface area contributed by atoms with Gasteiger partial charge in [-0.1, -0.05) is 41.9 Å². The zero-order valence-corrected chi connectivity index (χ0v) is 15.6. The minimum Gasteiger partial charge on any atom is -0.366 e. The van der Waals surface area contributed by atoms with Crippen LogP contribution in [-0.2, 0) is 6.54 Å². The summed E-state index contributed by atoms with van der Waals surface area (Å²) < 4.78 is 13.2. The molecule has 0 aliphatic heterocycles. The van der Waals surface area contributed by atoms with Crippen LogP contribution in [0.3, 0.4) is 0 Å². The highest BCUT2D eigenvalue weighted by molar-refractivity contribution is 6.31. The lowest BCUT2D eigenvalue weighted by Crippen LogP contribution is -2.22. The number of aromatic nitrogens is 1. The van der Waals surface area contributed by atoms with Gasteiger partial charge in [0.2, 0.25) is 0 Å². The Hall–Kier alpha value is -2.92. The fourth-order valence-electron chi connectivity index (χ4n) is 2.67. The topological polar surface area (TPSA) is 45.2 Å². The molecular weight excluding hydrogens is 365 g/mol. The summed E-state index contributed by atoms with van der Waals surface area (Å²) in [5, 5.41) is 2.62. The van der Waals surface area contributed by atoms with Gasteiger partial charge < -0.3 is 10.2 Å². The van der Waals surface area contributed by atoms with E-state index in [0.29, 0.717) is 5.69 Å². The predicted molar refractivity (Wildman–Crippen MR) is 107 cm³/mol. The van der Waals surface area contributed by atoms with Crippen molar-refractivity contribution in [2.45, 2.75) is 13.5 Å². The number of nitrogens with one attached hydrogen (secondary N) is 1. The van der Waals surface area contributed by atoms with E-state index in [2.05, 4.69) is 34.3 Å². The van der Waals surface area contributed by atoms with Crippen molar-refractivity contribution in [1.82, 2.24) is 4.98 Å². The van der Waals surface area contributed by atoms with E-state index in [0.717, 1.165) is 18.8 Å². The summed E-state index contributed by atoms with van der Waals surface area (Å²) >= 11 is 5.73. The van der Waals surface area contributed by atoms with Crippen molar-refractivity contribution in [3.05, 3.63) is 89.0 Å². The molecule has 0 saturated heterocycles. The molecule has 3 aromatic rings. The molecule has 3 rings (SSSR count). The lowest BCUT2D eigenvalue weighted by atomic mass is 10.2.